The van der Waals surface area contributed by atoms with E-state index in [-0.39, 0.29) is 11.4 Å². The molecule has 0 aromatic carbocycles. The van der Waals surface area contributed by atoms with Gasteiger partial charge in [0.25, 0.3) is 0 Å². The summed E-state index contributed by atoms with van der Waals surface area (Å²) in [4.78, 5) is 8.70. The quantitative estimate of drug-likeness (QED) is 0.830. The monoisotopic (exact) mass is 345 g/mol. The summed E-state index contributed by atoms with van der Waals surface area (Å²) < 4.78 is 12.4. The Labute approximate surface area is 141 Å². The maximum atomic E-state index is 12.4. The molecule has 2 N–H and O–H groups in total. The molecule has 2 rings (SSSR count). The first-order valence-electron chi connectivity index (χ1n) is 6.44. The SMILES string of the molecule is CSc1c(C#N)c(N)nc(SCc2ccc(CF)nc2)c1C#N. The molecule has 5 nitrogen and oxygen atoms in total. The smallest absolute Gasteiger partial charge is 0.143 e. The van der Waals surface area contributed by atoms with Gasteiger partial charge in [0.2, 0.25) is 0 Å². The van der Waals surface area contributed by atoms with Crippen LogP contribution in [0.1, 0.15) is 22.4 Å². The van der Waals surface area contributed by atoms with Gasteiger partial charge in [-0.2, -0.15) is 10.5 Å². The number of hydrogen-bond donors (Lipinski definition) is 1. The third kappa shape index (κ3) is 3.73. The summed E-state index contributed by atoms with van der Waals surface area (Å²) in [7, 11) is 0. The van der Waals surface area contributed by atoms with E-state index in [1.165, 1.54) is 23.5 Å². The first kappa shape index (κ1) is 17.1. The number of halogens is 1. The summed E-state index contributed by atoms with van der Waals surface area (Å²) in [6, 6.07) is 7.49. The van der Waals surface area contributed by atoms with Crippen LogP contribution in [-0.2, 0) is 12.4 Å². The summed E-state index contributed by atoms with van der Waals surface area (Å²) in [6.45, 7) is -0.600. The maximum absolute atomic E-state index is 12.4. The molecule has 8 heteroatoms. The second-order valence-corrected chi connectivity index (χ2v) is 6.17. The lowest BCUT2D eigenvalue weighted by atomic mass is 10.2. The maximum Gasteiger partial charge on any atom is 0.143 e. The van der Waals surface area contributed by atoms with E-state index < -0.39 is 6.67 Å². The van der Waals surface area contributed by atoms with Crippen molar-refractivity contribution < 1.29 is 4.39 Å². The highest BCUT2D eigenvalue weighted by Crippen LogP contribution is 2.34. The van der Waals surface area contributed by atoms with Gasteiger partial charge in [0.05, 0.1) is 11.3 Å². The van der Waals surface area contributed by atoms with E-state index in [9.17, 15) is 9.65 Å². The fourth-order valence-corrected chi connectivity index (χ4v) is 3.54. The second-order valence-electron chi connectivity index (χ2n) is 4.39. The van der Waals surface area contributed by atoms with Crippen LogP contribution in [0.3, 0.4) is 0 Å². The Morgan fingerprint density at radius 2 is 2.00 bits per heavy atom. The van der Waals surface area contributed by atoms with Crippen LogP contribution in [0.5, 0.6) is 0 Å². The molecule has 0 spiro atoms. The summed E-state index contributed by atoms with van der Waals surface area (Å²) in [6.07, 6.45) is 3.38. The van der Waals surface area contributed by atoms with Gasteiger partial charge in [0.15, 0.2) is 0 Å². The third-order valence-electron chi connectivity index (χ3n) is 2.97. The minimum absolute atomic E-state index is 0.115. The second kappa shape index (κ2) is 7.82. The number of anilines is 1. The molecule has 2 heterocycles. The van der Waals surface area contributed by atoms with Gasteiger partial charge >= 0.3 is 0 Å². The van der Waals surface area contributed by atoms with Gasteiger partial charge in [-0.1, -0.05) is 6.07 Å². The number of alkyl halides is 1. The zero-order valence-electron chi connectivity index (χ0n) is 12.2. The number of hydrogen-bond acceptors (Lipinski definition) is 7. The molecule has 0 fully saturated rings. The average Bonchev–Trinajstić information content (AvgIpc) is 2.59. The van der Waals surface area contributed by atoms with Gasteiger partial charge in [-0.3, -0.25) is 4.98 Å². The summed E-state index contributed by atoms with van der Waals surface area (Å²) in [5, 5.41) is 19.0. The lowest BCUT2D eigenvalue weighted by molar-refractivity contribution is 0.476. The van der Waals surface area contributed by atoms with E-state index in [0.717, 1.165) is 5.56 Å². The number of thioether (sulfide) groups is 2. The number of pyridine rings is 2. The molecule has 2 aromatic rings. The number of nitrogen functional groups attached to an aromatic ring is 1. The Morgan fingerprint density at radius 1 is 1.26 bits per heavy atom. The summed E-state index contributed by atoms with van der Waals surface area (Å²) in [5.74, 6) is 0.629. The van der Waals surface area contributed by atoms with Crippen molar-refractivity contribution >= 4 is 29.3 Å². The minimum atomic E-state index is -0.600. The van der Waals surface area contributed by atoms with Gasteiger partial charge < -0.3 is 5.73 Å². The van der Waals surface area contributed by atoms with Crippen molar-refractivity contribution in [2.45, 2.75) is 22.3 Å². The van der Waals surface area contributed by atoms with Gasteiger partial charge in [0, 0.05) is 16.8 Å². The molecule has 0 aliphatic rings. The summed E-state index contributed by atoms with van der Waals surface area (Å²) >= 11 is 2.62. The van der Waals surface area contributed by atoms with E-state index in [4.69, 9.17) is 11.0 Å². The van der Waals surface area contributed by atoms with Crippen LogP contribution in [0.15, 0.2) is 28.3 Å². The first-order valence-corrected chi connectivity index (χ1v) is 8.65. The molecule has 0 aliphatic carbocycles. The highest BCUT2D eigenvalue weighted by atomic mass is 32.2. The van der Waals surface area contributed by atoms with Crippen LogP contribution < -0.4 is 5.73 Å². The Morgan fingerprint density at radius 3 is 2.52 bits per heavy atom. The number of nitrogens with zero attached hydrogens (tertiary/aromatic N) is 4. The van der Waals surface area contributed by atoms with Crippen LogP contribution in [0.25, 0.3) is 0 Å². The van der Waals surface area contributed by atoms with Crippen LogP contribution in [0.4, 0.5) is 10.2 Å². The topological polar surface area (TPSA) is 99.4 Å². The van der Waals surface area contributed by atoms with Crippen molar-refractivity contribution in [3.8, 4) is 12.1 Å². The fraction of sp³-hybridized carbons (Fsp3) is 0.200. The lowest BCUT2D eigenvalue weighted by Gasteiger charge is -2.10. The molecule has 23 heavy (non-hydrogen) atoms. The van der Waals surface area contributed by atoms with Gasteiger partial charge in [0.1, 0.15) is 35.2 Å². The van der Waals surface area contributed by atoms with E-state index >= 15 is 0 Å². The third-order valence-corrected chi connectivity index (χ3v) is 4.84. The predicted molar refractivity (Wildman–Crippen MR) is 88.5 cm³/mol. The molecule has 0 bridgehead atoms. The molecular formula is C15H12FN5S2. The zero-order chi connectivity index (χ0) is 16.8. The molecule has 116 valence electrons. The molecule has 0 aliphatic heterocycles. The minimum Gasteiger partial charge on any atom is -0.383 e. The van der Waals surface area contributed by atoms with E-state index in [0.29, 0.717) is 26.9 Å². The Hall–Kier alpha value is -2.29. The average molecular weight is 345 g/mol. The van der Waals surface area contributed by atoms with Gasteiger partial charge in [-0.25, -0.2) is 9.37 Å². The normalized spacial score (nSPS) is 10.1. The van der Waals surface area contributed by atoms with Crippen molar-refractivity contribution in [3.63, 3.8) is 0 Å². The van der Waals surface area contributed by atoms with Crippen LogP contribution in [0.2, 0.25) is 0 Å². The molecule has 0 saturated heterocycles. The Kier molecular flexibility index (Phi) is 5.80. The molecule has 0 atom stereocenters. The molecule has 2 aromatic heterocycles. The van der Waals surface area contributed by atoms with Crippen LogP contribution >= 0.6 is 23.5 Å². The molecule has 0 unspecified atom stereocenters. The van der Waals surface area contributed by atoms with E-state index in [1.54, 1.807) is 24.6 Å². The number of nitrogens with two attached hydrogens (primary N) is 1. The molecule has 0 amide bonds. The molecular weight excluding hydrogens is 333 g/mol. The lowest BCUT2D eigenvalue weighted by Crippen LogP contribution is -2.02. The van der Waals surface area contributed by atoms with Crippen molar-refractivity contribution in [2.75, 3.05) is 12.0 Å². The van der Waals surface area contributed by atoms with Gasteiger partial charge in [-0.15, -0.1) is 23.5 Å². The van der Waals surface area contributed by atoms with Crippen molar-refractivity contribution in [1.29, 1.82) is 10.5 Å². The molecule has 0 radical (unpaired) electrons. The fourth-order valence-electron chi connectivity index (χ4n) is 1.85. The Bertz CT molecular complexity index is 793. The predicted octanol–water partition coefficient (Wildman–Crippen LogP) is 3.29. The highest BCUT2D eigenvalue weighted by Gasteiger charge is 2.18. The first-order chi connectivity index (χ1) is 11.1. The van der Waals surface area contributed by atoms with E-state index in [2.05, 4.69) is 16.0 Å². The largest absolute Gasteiger partial charge is 0.383 e. The van der Waals surface area contributed by atoms with Crippen LogP contribution in [0, 0.1) is 22.7 Å². The van der Waals surface area contributed by atoms with Gasteiger partial charge in [-0.05, 0) is 17.9 Å². The zero-order valence-corrected chi connectivity index (χ0v) is 13.8. The number of aromatic nitrogens is 2. The number of rotatable bonds is 5. The number of nitriles is 2. The van der Waals surface area contributed by atoms with E-state index in [1.807, 2.05) is 6.07 Å². The molecule has 0 saturated carbocycles. The van der Waals surface area contributed by atoms with Crippen molar-refractivity contribution in [2.24, 2.45) is 0 Å². The van der Waals surface area contributed by atoms with Crippen molar-refractivity contribution in [3.05, 3.63) is 40.7 Å². The standard InChI is InChI=1S/C15H12FN5S2/c1-22-13-11(5-17)14(19)21-15(12(13)6-18)23-8-9-2-3-10(4-16)20-7-9/h2-3,7H,4,8H2,1H3,(H2,19,21). The summed E-state index contributed by atoms with van der Waals surface area (Å²) in [5.41, 5.74) is 7.65. The van der Waals surface area contributed by atoms with Crippen molar-refractivity contribution in [1.82, 2.24) is 9.97 Å². The van der Waals surface area contributed by atoms with Crippen LogP contribution in [-0.4, -0.2) is 16.2 Å². The highest BCUT2D eigenvalue weighted by molar-refractivity contribution is 7.99. The Balaban J connectivity index is 2.31.